The van der Waals surface area contributed by atoms with Crippen LogP contribution in [-0.4, -0.2) is 6.54 Å². The van der Waals surface area contributed by atoms with E-state index in [0.717, 1.165) is 24.1 Å². The largest absolute Gasteiger partial charge is 0.456 e. The lowest BCUT2D eigenvalue weighted by Gasteiger charge is -2.29. The highest BCUT2D eigenvalue weighted by Gasteiger charge is 2.27. The van der Waals surface area contributed by atoms with E-state index in [9.17, 15) is 4.39 Å². The van der Waals surface area contributed by atoms with Crippen LogP contribution < -0.4 is 5.32 Å². The maximum absolute atomic E-state index is 13.8. The van der Waals surface area contributed by atoms with Crippen LogP contribution in [0.25, 0.3) is 11.0 Å². The topological polar surface area (TPSA) is 25.2 Å². The van der Waals surface area contributed by atoms with Crippen LogP contribution in [0.5, 0.6) is 0 Å². The van der Waals surface area contributed by atoms with E-state index in [4.69, 9.17) is 4.42 Å². The molecule has 1 aliphatic carbocycles. The van der Waals surface area contributed by atoms with E-state index in [1.165, 1.54) is 38.2 Å². The SMILES string of the molecule is CCCNC(c1cc2cccc(F)c2o1)C1CCCCC1. The molecule has 1 heterocycles. The van der Waals surface area contributed by atoms with Gasteiger partial charge in [0.2, 0.25) is 0 Å². The fourth-order valence-corrected chi connectivity index (χ4v) is 3.47. The van der Waals surface area contributed by atoms with Crippen LogP contribution in [0.2, 0.25) is 0 Å². The first kappa shape index (κ1) is 14.6. The van der Waals surface area contributed by atoms with Crippen molar-refractivity contribution in [1.29, 1.82) is 0 Å². The first-order valence-corrected chi connectivity index (χ1v) is 8.21. The first-order valence-electron chi connectivity index (χ1n) is 8.21. The minimum absolute atomic E-state index is 0.219. The molecule has 0 amide bonds. The number of hydrogen-bond acceptors (Lipinski definition) is 2. The quantitative estimate of drug-likeness (QED) is 0.819. The molecule has 1 aliphatic rings. The van der Waals surface area contributed by atoms with E-state index in [0.29, 0.717) is 11.5 Å². The second-order valence-electron chi connectivity index (χ2n) is 6.14. The summed E-state index contributed by atoms with van der Waals surface area (Å²) < 4.78 is 19.7. The van der Waals surface area contributed by atoms with Crippen molar-refractivity contribution in [3.63, 3.8) is 0 Å². The van der Waals surface area contributed by atoms with Crippen molar-refractivity contribution in [1.82, 2.24) is 5.32 Å². The second-order valence-corrected chi connectivity index (χ2v) is 6.14. The van der Waals surface area contributed by atoms with Crippen molar-refractivity contribution in [2.45, 2.75) is 51.5 Å². The summed E-state index contributed by atoms with van der Waals surface area (Å²) in [4.78, 5) is 0. The van der Waals surface area contributed by atoms with Gasteiger partial charge in [0.25, 0.3) is 0 Å². The second kappa shape index (κ2) is 6.61. The van der Waals surface area contributed by atoms with Gasteiger partial charge >= 0.3 is 0 Å². The summed E-state index contributed by atoms with van der Waals surface area (Å²) in [5.41, 5.74) is 0.395. The summed E-state index contributed by atoms with van der Waals surface area (Å²) in [6.45, 7) is 3.14. The Hall–Kier alpha value is -1.35. The molecule has 0 bridgehead atoms. The van der Waals surface area contributed by atoms with Crippen molar-refractivity contribution >= 4 is 11.0 Å². The first-order chi connectivity index (χ1) is 10.3. The van der Waals surface area contributed by atoms with Gasteiger partial charge in [-0.15, -0.1) is 0 Å². The molecule has 0 aliphatic heterocycles. The molecule has 1 atom stereocenters. The van der Waals surface area contributed by atoms with Crippen LogP contribution in [0.15, 0.2) is 28.7 Å². The van der Waals surface area contributed by atoms with Gasteiger partial charge in [-0.3, -0.25) is 0 Å². The molecule has 2 nitrogen and oxygen atoms in total. The Labute approximate surface area is 125 Å². The Kier molecular flexibility index (Phi) is 4.59. The van der Waals surface area contributed by atoms with Gasteiger partial charge in [0.15, 0.2) is 11.4 Å². The lowest BCUT2D eigenvalue weighted by Crippen LogP contribution is -2.30. The zero-order valence-corrected chi connectivity index (χ0v) is 12.7. The van der Waals surface area contributed by atoms with Gasteiger partial charge in [-0.2, -0.15) is 0 Å². The van der Waals surface area contributed by atoms with Gasteiger partial charge in [-0.25, -0.2) is 4.39 Å². The van der Waals surface area contributed by atoms with Crippen LogP contribution in [0.3, 0.4) is 0 Å². The average molecular weight is 289 g/mol. The Bertz CT molecular complexity index is 586. The standard InChI is InChI=1S/C18H24FNO/c1-2-11-20-17(13-7-4-3-5-8-13)16-12-14-9-6-10-15(19)18(14)21-16/h6,9-10,12-13,17,20H,2-5,7-8,11H2,1H3. The van der Waals surface area contributed by atoms with Crippen LogP contribution in [-0.2, 0) is 0 Å². The Morgan fingerprint density at radius 1 is 1.29 bits per heavy atom. The fourth-order valence-electron chi connectivity index (χ4n) is 3.47. The van der Waals surface area contributed by atoms with Crippen LogP contribution in [0.4, 0.5) is 4.39 Å². The fraction of sp³-hybridized carbons (Fsp3) is 0.556. The molecule has 1 saturated carbocycles. The molecular weight excluding hydrogens is 265 g/mol. The van der Waals surface area contributed by atoms with Gasteiger partial charge in [0.1, 0.15) is 5.76 Å². The molecular formula is C18H24FNO. The lowest BCUT2D eigenvalue weighted by atomic mass is 9.83. The number of hydrogen-bond donors (Lipinski definition) is 1. The molecule has 3 heteroatoms. The van der Waals surface area contributed by atoms with Crippen LogP contribution >= 0.6 is 0 Å². The zero-order chi connectivity index (χ0) is 14.7. The number of para-hydroxylation sites is 1. The predicted molar refractivity (Wildman–Crippen MR) is 83.8 cm³/mol. The predicted octanol–water partition coefficient (Wildman–Crippen LogP) is 5.19. The Morgan fingerprint density at radius 3 is 2.81 bits per heavy atom. The molecule has 1 aromatic heterocycles. The van der Waals surface area contributed by atoms with Gasteiger partial charge in [-0.1, -0.05) is 38.3 Å². The third kappa shape index (κ3) is 3.13. The Balaban J connectivity index is 1.90. The number of halogens is 1. The lowest BCUT2D eigenvalue weighted by molar-refractivity contribution is 0.247. The molecule has 0 spiro atoms. The summed E-state index contributed by atoms with van der Waals surface area (Å²) in [6, 6.07) is 7.36. The summed E-state index contributed by atoms with van der Waals surface area (Å²) in [6.07, 6.45) is 7.50. The number of fused-ring (bicyclic) bond motifs is 1. The average Bonchev–Trinajstić information content (AvgIpc) is 2.94. The van der Waals surface area contributed by atoms with E-state index in [1.54, 1.807) is 6.07 Å². The highest BCUT2D eigenvalue weighted by atomic mass is 19.1. The summed E-state index contributed by atoms with van der Waals surface area (Å²) in [5.74, 6) is 1.24. The van der Waals surface area contributed by atoms with Gasteiger partial charge in [-0.05, 0) is 43.9 Å². The normalized spacial score (nSPS) is 18.2. The monoisotopic (exact) mass is 289 g/mol. The minimum Gasteiger partial charge on any atom is -0.456 e. The maximum Gasteiger partial charge on any atom is 0.169 e. The number of furan rings is 1. The van der Waals surface area contributed by atoms with Gasteiger partial charge < -0.3 is 9.73 Å². The zero-order valence-electron chi connectivity index (χ0n) is 12.7. The van der Waals surface area contributed by atoms with E-state index < -0.39 is 0 Å². The summed E-state index contributed by atoms with van der Waals surface area (Å²) in [5, 5.41) is 4.48. The van der Waals surface area contributed by atoms with E-state index >= 15 is 0 Å². The van der Waals surface area contributed by atoms with Crippen molar-refractivity contribution in [2.24, 2.45) is 5.92 Å². The third-order valence-electron chi connectivity index (χ3n) is 4.56. The molecule has 2 aromatic rings. The summed E-state index contributed by atoms with van der Waals surface area (Å²) in [7, 11) is 0. The van der Waals surface area contributed by atoms with Gasteiger partial charge in [0, 0.05) is 5.39 Å². The number of benzene rings is 1. The molecule has 1 N–H and O–H groups in total. The molecule has 114 valence electrons. The minimum atomic E-state index is -0.267. The van der Waals surface area contributed by atoms with E-state index in [2.05, 4.69) is 12.2 Å². The molecule has 3 rings (SSSR count). The Morgan fingerprint density at radius 2 is 2.10 bits per heavy atom. The molecule has 0 radical (unpaired) electrons. The van der Waals surface area contributed by atoms with Crippen molar-refractivity contribution < 1.29 is 8.81 Å². The highest BCUT2D eigenvalue weighted by Crippen LogP contribution is 2.37. The third-order valence-corrected chi connectivity index (χ3v) is 4.56. The van der Waals surface area contributed by atoms with E-state index in [1.807, 2.05) is 12.1 Å². The van der Waals surface area contributed by atoms with Crippen molar-refractivity contribution in [3.05, 3.63) is 35.8 Å². The van der Waals surface area contributed by atoms with Crippen molar-refractivity contribution in [2.75, 3.05) is 6.54 Å². The molecule has 1 unspecified atom stereocenters. The highest BCUT2D eigenvalue weighted by molar-refractivity contribution is 5.78. The van der Waals surface area contributed by atoms with E-state index in [-0.39, 0.29) is 11.9 Å². The summed E-state index contributed by atoms with van der Waals surface area (Å²) >= 11 is 0. The number of nitrogens with one attached hydrogen (secondary N) is 1. The number of rotatable bonds is 5. The van der Waals surface area contributed by atoms with Crippen molar-refractivity contribution in [3.8, 4) is 0 Å². The smallest absolute Gasteiger partial charge is 0.169 e. The van der Waals surface area contributed by atoms with Gasteiger partial charge in [0.05, 0.1) is 6.04 Å². The maximum atomic E-state index is 13.8. The molecule has 21 heavy (non-hydrogen) atoms. The van der Waals surface area contributed by atoms with Crippen LogP contribution in [0.1, 0.15) is 57.3 Å². The molecule has 0 saturated heterocycles. The van der Waals surface area contributed by atoms with Crippen LogP contribution in [0, 0.1) is 11.7 Å². The molecule has 1 aromatic carbocycles. The molecule has 1 fully saturated rings.